The molecule has 0 radical (unpaired) electrons. The molecule has 0 heterocycles. The molecule has 0 N–H and O–H groups in total. The minimum Gasteiger partial charge on any atom is -0.756 e. The van der Waals surface area contributed by atoms with Crippen LogP contribution >= 0.6 is 7.82 Å². The number of esters is 2. The van der Waals surface area contributed by atoms with E-state index in [4.69, 9.17) is 18.5 Å². The van der Waals surface area contributed by atoms with Crippen molar-refractivity contribution in [3.8, 4) is 0 Å². The van der Waals surface area contributed by atoms with Gasteiger partial charge in [0.25, 0.3) is 7.82 Å². The SMILES string of the molecule is CC/C=C/C/C=C/C/C=C/C/C=C/C/C=C/C/C=C/CCC(=O)O[C@H](COC(=O)CCCCCCCCCCCCCCCCCCCCCCC)COP(=O)([O-])OCC[N+](C)(C)C. The van der Waals surface area contributed by atoms with E-state index in [0.717, 1.165) is 57.8 Å². The predicted octanol–water partition coefficient (Wildman–Crippen LogP) is 14.7. The normalized spacial score (nSPS) is 14.0. The summed E-state index contributed by atoms with van der Waals surface area (Å²) >= 11 is 0. The van der Waals surface area contributed by atoms with Gasteiger partial charge in [-0.3, -0.25) is 14.2 Å². The van der Waals surface area contributed by atoms with Crippen LogP contribution in [0.3, 0.4) is 0 Å². The third-order valence-electron chi connectivity index (χ3n) is 10.8. The second-order valence-corrected chi connectivity index (χ2v) is 19.6. The van der Waals surface area contributed by atoms with E-state index in [2.05, 4.69) is 74.6 Å². The fourth-order valence-electron chi connectivity index (χ4n) is 6.80. The number of rotatable bonds is 46. The summed E-state index contributed by atoms with van der Waals surface area (Å²) in [5.41, 5.74) is 0. The number of phosphoric ester groups is 1. The van der Waals surface area contributed by atoms with Crippen LogP contribution in [0, 0.1) is 0 Å². The first-order valence-corrected chi connectivity index (χ1v) is 27.1. The number of allylic oxidation sites excluding steroid dienone is 12. The molecular weight excluding hydrogens is 822 g/mol. The van der Waals surface area contributed by atoms with E-state index in [1.807, 2.05) is 33.3 Å². The number of unbranched alkanes of at least 4 members (excludes halogenated alkanes) is 20. The van der Waals surface area contributed by atoms with Crippen molar-refractivity contribution in [1.29, 1.82) is 0 Å². The van der Waals surface area contributed by atoms with Crippen LogP contribution < -0.4 is 4.89 Å². The van der Waals surface area contributed by atoms with Crippen molar-refractivity contribution in [3.05, 3.63) is 72.9 Å². The number of likely N-dealkylation sites (N-methyl/N-ethyl adjacent to an activating group) is 1. The molecule has 0 amide bonds. The van der Waals surface area contributed by atoms with Crippen molar-refractivity contribution in [1.82, 2.24) is 0 Å². The molecule has 0 aromatic rings. The Kier molecular flexibility index (Phi) is 43.8. The van der Waals surface area contributed by atoms with Crippen LogP contribution in [-0.4, -0.2) is 70.0 Å². The van der Waals surface area contributed by atoms with Gasteiger partial charge in [-0.15, -0.1) is 0 Å². The number of hydrogen-bond acceptors (Lipinski definition) is 8. The summed E-state index contributed by atoms with van der Waals surface area (Å²) in [4.78, 5) is 37.7. The van der Waals surface area contributed by atoms with Gasteiger partial charge < -0.3 is 27.9 Å². The zero-order chi connectivity index (χ0) is 47.1. The molecule has 370 valence electrons. The number of carbonyl (C=O) groups is 2. The van der Waals surface area contributed by atoms with Gasteiger partial charge in [-0.2, -0.15) is 0 Å². The van der Waals surface area contributed by atoms with E-state index >= 15 is 0 Å². The number of quaternary nitrogens is 1. The van der Waals surface area contributed by atoms with Crippen molar-refractivity contribution in [2.24, 2.45) is 0 Å². The van der Waals surface area contributed by atoms with E-state index in [1.54, 1.807) is 0 Å². The summed E-state index contributed by atoms with van der Waals surface area (Å²) in [7, 11) is 1.12. The van der Waals surface area contributed by atoms with E-state index in [9.17, 15) is 19.0 Å². The molecule has 0 spiro atoms. The first-order valence-electron chi connectivity index (χ1n) is 25.6. The quantitative estimate of drug-likeness (QED) is 0.0195. The molecule has 64 heavy (non-hydrogen) atoms. The standard InChI is InChI=1S/C54H96NO8P/c1-6-8-10-12-14-16-18-20-22-24-26-27-29-30-32-34-36-38-40-42-44-46-53(56)60-50-52(51-62-64(58,59)61-49-48-55(3,4)5)63-54(57)47-45-43-41-39-37-35-33-31-28-25-23-21-19-17-15-13-11-9-7-2/h9,11,15,17,21,23,28,31,35,37,41,43,52H,6-8,10,12-14,16,18-20,22,24-27,29-30,32-34,36,38-40,42,44-51H2,1-5H3/b11-9+,17-15+,23-21+,31-28+,37-35+,43-41+/t52-/m1/s1. The Balaban J connectivity index is 4.34. The van der Waals surface area contributed by atoms with Gasteiger partial charge in [-0.1, -0.05) is 215 Å². The van der Waals surface area contributed by atoms with Gasteiger partial charge in [0.05, 0.1) is 27.7 Å². The second-order valence-electron chi connectivity index (χ2n) is 18.2. The van der Waals surface area contributed by atoms with Gasteiger partial charge in [0, 0.05) is 12.8 Å². The van der Waals surface area contributed by atoms with E-state index in [1.165, 1.54) is 116 Å². The number of ether oxygens (including phenoxy) is 2. The lowest BCUT2D eigenvalue weighted by molar-refractivity contribution is -0.870. The molecule has 1 unspecified atom stereocenters. The van der Waals surface area contributed by atoms with Crippen LogP contribution in [0.5, 0.6) is 0 Å². The lowest BCUT2D eigenvalue weighted by Crippen LogP contribution is -2.37. The van der Waals surface area contributed by atoms with Crippen molar-refractivity contribution >= 4 is 19.8 Å². The second kappa shape index (κ2) is 45.6. The number of carbonyl (C=O) groups excluding carboxylic acids is 2. The molecule has 0 rings (SSSR count). The Labute approximate surface area is 393 Å². The van der Waals surface area contributed by atoms with Gasteiger partial charge in [0.1, 0.15) is 19.8 Å². The molecule has 10 heteroatoms. The molecule has 9 nitrogen and oxygen atoms in total. The summed E-state index contributed by atoms with van der Waals surface area (Å²) in [6.45, 7) is 4.05. The lowest BCUT2D eigenvalue weighted by Gasteiger charge is -2.28. The van der Waals surface area contributed by atoms with Gasteiger partial charge in [0.2, 0.25) is 0 Å². The minimum absolute atomic E-state index is 0.0464. The smallest absolute Gasteiger partial charge is 0.306 e. The van der Waals surface area contributed by atoms with Crippen LogP contribution in [0.2, 0.25) is 0 Å². The molecule has 0 aromatic carbocycles. The van der Waals surface area contributed by atoms with Crippen LogP contribution in [-0.2, 0) is 32.7 Å². The first kappa shape index (κ1) is 61.5. The lowest BCUT2D eigenvalue weighted by atomic mass is 10.0. The van der Waals surface area contributed by atoms with E-state index in [-0.39, 0.29) is 26.1 Å². The van der Waals surface area contributed by atoms with Crippen molar-refractivity contribution in [3.63, 3.8) is 0 Å². The van der Waals surface area contributed by atoms with Crippen LogP contribution in [0.25, 0.3) is 0 Å². The van der Waals surface area contributed by atoms with Gasteiger partial charge in [0.15, 0.2) is 6.10 Å². The average Bonchev–Trinajstić information content (AvgIpc) is 3.25. The van der Waals surface area contributed by atoms with E-state index in [0.29, 0.717) is 17.4 Å². The minimum atomic E-state index is -4.65. The largest absolute Gasteiger partial charge is 0.756 e. The highest BCUT2D eigenvalue weighted by Gasteiger charge is 2.21. The molecule has 0 fully saturated rings. The zero-order valence-corrected chi connectivity index (χ0v) is 42.6. The van der Waals surface area contributed by atoms with Gasteiger partial charge in [-0.25, -0.2) is 0 Å². The monoisotopic (exact) mass is 918 g/mol. The molecule has 2 atom stereocenters. The molecular formula is C54H96NO8P. The summed E-state index contributed by atoms with van der Waals surface area (Å²) in [5, 5.41) is 0. The first-order chi connectivity index (χ1) is 31.0. The third-order valence-corrected chi connectivity index (χ3v) is 11.7. The summed E-state index contributed by atoms with van der Waals surface area (Å²) in [6, 6.07) is 0. The Morgan fingerprint density at radius 3 is 1.30 bits per heavy atom. The molecule has 0 aliphatic rings. The highest BCUT2D eigenvalue weighted by atomic mass is 31.2. The predicted molar refractivity (Wildman–Crippen MR) is 268 cm³/mol. The average molecular weight is 918 g/mol. The van der Waals surface area contributed by atoms with Gasteiger partial charge in [-0.05, 0) is 51.4 Å². The fraction of sp³-hybridized carbons (Fsp3) is 0.741. The number of phosphoric acid groups is 1. The Hall–Kier alpha value is -2.55. The zero-order valence-electron chi connectivity index (χ0n) is 41.7. The molecule has 0 saturated heterocycles. The van der Waals surface area contributed by atoms with Crippen LogP contribution in [0.1, 0.15) is 206 Å². The number of hydrogen-bond donors (Lipinski definition) is 0. The van der Waals surface area contributed by atoms with Gasteiger partial charge >= 0.3 is 11.9 Å². The summed E-state index contributed by atoms with van der Waals surface area (Å²) in [5.74, 6) is -0.929. The highest BCUT2D eigenvalue weighted by Crippen LogP contribution is 2.38. The third kappa shape index (κ3) is 48.9. The molecule has 0 aliphatic heterocycles. The summed E-state index contributed by atoms with van der Waals surface area (Å²) < 4.78 is 33.9. The summed E-state index contributed by atoms with van der Waals surface area (Å²) in [6.07, 6.45) is 58.1. The maximum Gasteiger partial charge on any atom is 0.306 e. The van der Waals surface area contributed by atoms with Crippen LogP contribution in [0.4, 0.5) is 0 Å². The molecule has 0 saturated carbocycles. The van der Waals surface area contributed by atoms with Crippen LogP contribution in [0.15, 0.2) is 72.9 Å². The highest BCUT2D eigenvalue weighted by molar-refractivity contribution is 7.45. The topological polar surface area (TPSA) is 111 Å². The number of nitrogens with zero attached hydrogens (tertiary/aromatic N) is 1. The molecule has 0 aliphatic carbocycles. The van der Waals surface area contributed by atoms with Crippen molar-refractivity contribution < 1.29 is 42.1 Å². The fourth-order valence-corrected chi connectivity index (χ4v) is 7.53. The maximum absolute atomic E-state index is 12.7. The van der Waals surface area contributed by atoms with E-state index < -0.39 is 32.5 Å². The Morgan fingerprint density at radius 1 is 0.500 bits per heavy atom. The maximum atomic E-state index is 12.7. The molecule has 0 bridgehead atoms. The van der Waals surface area contributed by atoms with Crippen molar-refractivity contribution in [2.75, 3.05) is 47.5 Å². The Bertz CT molecular complexity index is 1310. The Morgan fingerprint density at radius 2 is 0.891 bits per heavy atom. The molecule has 0 aromatic heterocycles. The van der Waals surface area contributed by atoms with Crippen molar-refractivity contribution in [2.45, 2.75) is 213 Å².